The summed E-state index contributed by atoms with van der Waals surface area (Å²) < 4.78 is 0. The number of hydrogen-bond donors (Lipinski definition) is 1. The number of rotatable bonds is 3. The Bertz CT molecular complexity index is 491. The summed E-state index contributed by atoms with van der Waals surface area (Å²) in [6.45, 7) is 7.02. The van der Waals surface area contributed by atoms with Crippen molar-refractivity contribution in [2.75, 3.05) is 11.9 Å². The van der Waals surface area contributed by atoms with E-state index in [-0.39, 0.29) is 0 Å². The number of anilines is 1. The van der Waals surface area contributed by atoms with Gasteiger partial charge in [-0.1, -0.05) is 0 Å². The predicted molar refractivity (Wildman–Crippen MR) is 69.0 cm³/mol. The van der Waals surface area contributed by atoms with E-state index in [0.29, 0.717) is 0 Å². The van der Waals surface area contributed by atoms with Gasteiger partial charge in [-0.05, 0) is 31.7 Å². The first-order chi connectivity index (χ1) is 7.70. The summed E-state index contributed by atoms with van der Waals surface area (Å²) in [5, 5.41) is 7.44. The third-order valence-electron chi connectivity index (χ3n) is 2.31. The summed E-state index contributed by atoms with van der Waals surface area (Å²) in [7, 11) is 0. The smallest absolute Gasteiger partial charge is 0.162 e. The molecule has 0 saturated heterocycles. The maximum absolute atomic E-state index is 4.51. The van der Waals surface area contributed by atoms with Crippen molar-refractivity contribution in [3.05, 3.63) is 28.1 Å². The average molecular weight is 233 g/mol. The monoisotopic (exact) mass is 233 g/mol. The lowest BCUT2D eigenvalue weighted by atomic mass is 10.2. The third kappa shape index (κ3) is 2.22. The molecule has 0 aliphatic heterocycles. The molecule has 0 unspecified atom stereocenters. The molecule has 3 nitrogen and oxygen atoms in total. The van der Waals surface area contributed by atoms with Gasteiger partial charge in [-0.25, -0.2) is 9.97 Å². The molecule has 0 saturated carbocycles. The van der Waals surface area contributed by atoms with E-state index in [9.17, 15) is 0 Å². The van der Waals surface area contributed by atoms with E-state index in [1.807, 2.05) is 13.0 Å². The molecule has 0 bridgehead atoms. The zero-order valence-corrected chi connectivity index (χ0v) is 10.6. The van der Waals surface area contributed by atoms with E-state index in [2.05, 4.69) is 39.9 Å². The van der Waals surface area contributed by atoms with Crippen LogP contribution in [-0.2, 0) is 0 Å². The van der Waals surface area contributed by atoms with Crippen molar-refractivity contribution in [3.8, 4) is 11.4 Å². The van der Waals surface area contributed by atoms with Crippen LogP contribution < -0.4 is 5.32 Å². The molecule has 84 valence electrons. The topological polar surface area (TPSA) is 37.8 Å². The number of aromatic nitrogens is 2. The normalized spacial score (nSPS) is 10.4. The maximum atomic E-state index is 4.51. The van der Waals surface area contributed by atoms with Gasteiger partial charge in [-0.3, -0.25) is 0 Å². The second kappa shape index (κ2) is 4.61. The Morgan fingerprint density at radius 2 is 2.06 bits per heavy atom. The molecule has 0 radical (unpaired) electrons. The van der Waals surface area contributed by atoms with Crippen LogP contribution in [0.25, 0.3) is 11.4 Å². The zero-order chi connectivity index (χ0) is 11.5. The summed E-state index contributed by atoms with van der Waals surface area (Å²) in [5.74, 6) is 1.71. The Hall–Kier alpha value is -1.42. The molecule has 1 N–H and O–H groups in total. The van der Waals surface area contributed by atoms with Gasteiger partial charge in [0.05, 0.1) is 0 Å². The summed E-state index contributed by atoms with van der Waals surface area (Å²) in [6.07, 6.45) is 0. The molecule has 2 aromatic heterocycles. The summed E-state index contributed by atoms with van der Waals surface area (Å²) in [4.78, 5) is 8.99. The van der Waals surface area contributed by atoms with E-state index in [1.165, 1.54) is 5.56 Å². The van der Waals surface area contributed by atoms with Crippen LogP contribution in [0.3, 0.4) is 0 Å². The van der Waals surface area contributed by atoms with Crippen molar-refractivity contribution in [2.24, 2.45) is 0 Å². The third-order valence-corrected chi connectivity index (χ3v) is 3.17. The standard InChI is InChI=1S/C12H15N3S/c1-4-13-11-5-9(3)14-12(15-11)10-7-16-6-8(10)2/h5-7H,4H2,1-3H3,(H,13,14,15). The van der Waals surface area contributed by atoms with Gasteiger partial charge in [-0.15, -0.1) is 0 Å². The minimum atomic E-state index is 0.815. The largest absolute Gasteiger partial charge is 0.370 e. The van der Waals surface area contributed by atoms with Gasteiger partial charge in [0, 0.05) is 29.2 Å². The van der Waals surface area contributed by atoms with Gasteiger partial charge in [0.15, 0.2) is 5.82 Å². The van der Waals surface area contributed by atoms with Crippen molar-refractivity contribution < 1.29 is 0 Å². The van der Waals surface area contributed by atoms with Crippen LogP contribution in [-0.4, -0.2) is 16.5 Å². The van der Waals surface area contributed by atoms with Crippen LogP contribution in [0.5, 0.6) is 0 Å². The summed E-state index contributed by atoms with van der Waals surface area (Å²) in [5.41, 5.74) is 3.36. The van der Waals surface area contributed by atoms with Gasteiger partial charge >= 0.3 is 0 Å². The van der Waals surface area contributed by atoms with E-state index < -0.39 is 0 Å². The van der Waals surface area contributed by atoms with Gasteiger partial charge in [0.1, 0.15) is 5.82 Å². The Morgan fingerprint density at radius 1 is 1.25 bits per heavy atom. The molecule has 2 heterocycles. The Balaban J connectivity index is 2.45. The number of aryl methyl sites for hydroxylation is 2. The van der Waals surface area contributed by atoms with Crippen molar-refractivity contribution in [3.63, 3.8) is 0 Å². The molecule has 0 spiro atoms. The number of hydrogen-bond acceptors (Lipinski definition) is 4. The number of thiophene rings is 1. The SMILES string of the molecule is CCNc1cc(C)nc(-c2cscc2C)n1. The molecule has 4 heteroatoms. The fourth-order valence-corrected chi connectivity index (χ4v) is 2.38. The Labute approximate surface area is 99.6 Å². The van der Waals surface area contributed by atoms with Crippen LogP contribution in [0.15, 0.2) is 16.8 Å². The van der Waals surface area contributed by atoms with Gasteiger partial charge < -0.3 is 5.32 Å². The summed E-state index contributed by atoms with van der Waals surface area (Å²) in [6, 6.07) is 1.97. The molecule has 0 atom stereocenters. The van der Waals surface area contributed by atoms with Crippen LogP contribution in [0.4, 0.5) is 5.82 Å². The lowest BCUT2D eigenvalue weighted by Gasteiger charge is -2.06. The lowest BCUT2D eigenvalue weighted by molar-refractivity contribution is 1.08. The van der Waals surface area contributed by atoms with Crippen molar-refractivity contribution in [2.45, 2.75) is 20.8 Å². The van der Waals surface area contributed by atoms with Crippen LogP contribution >= 0.6 is 11.3 Å². The van der Waals surface area contributed by atoms with E-state index in [4.69, 9.17) is 0 Å². The highest BCUT2D eigenvalue weighted by Crippen LogP contribution is 2.24. The molecule has 2 rings (SSSR count). The molecule has 16 heavy (non-hydrogen) atoms. The highest BCUT2D eigenvalue weighted by molar-refractivity contribution is 7.08. The van der Waals surface area contributed by atoms with Gasteiger partial charge in [0.2, 0.25) is 0 Å². The lowest BCUT2D eigenvalue weighted by Crippen LogP contribution is -2.02. The highest BCUT2D eigenvalue weighted by Gasteiger charge is 2.07. The molecule has 0 aliphatic rings. The zero-order valence-electron chi connectivity index (χ0n) is 9.74. The van der Waals surface area contributed by atoms with Crippen LogP contribution in [0, 0.1) is 13.8 Å². The van der Waals surface area contributed by atoms with Crippen molar-refractivity contribution in [1.29, 1.82) is 0 Å². The minimum Gasteiger partial charge on any atom is -0.370 e. The van der Waals surface area contributed by atoms with E-state index in [0.717, 1.165) is 29.4 Å². The molecule has 0 amide bonds. The average Bonchev–Trinajstić information content (AvgIpc) is 2.64. The van der Waals surface area contributed by atoms with Gasteiger partial charge in [0.25, 0.3) is 0 Å². The predicted octanol–water partition coefficient (Wildman–Crippen LogP) is 3.25. The maximum Gasteiger partial charge on any atom is 0.162 e. The Kier molecular flexibility index (Phi) is 3.19. The van der Waals surface area contributed by atoms with Crippen molar-refractivity contribution in [1.82, 2.24) is 9.97 Å². The second-order valence-electron chi connectivity index (χ2n) is 3.72. The molecule has 2 aromatic rings. The van der Waals surface area contributed by atoms with Crippen LogP contribution in [0.1, 0.15) is 18.2 Å². The fourth-order valence-electron chi connectivity index (χ4n) is 1.55. The number of nitrogens with one attached hydrogen (secondary N) is 1. The van der Waals surface area contributed by atoms with E-state index in [1.54, 1.807) is 11.3 Å². The van der Waals surface area contributed by atoms with Gasteiger partial charge in [-0.2, -0.15) is 11.3 Å². The molecular weight excluding hydrogens is 218 g/mol. The fraction of sp³-hybridized carbons (Fsp3) is 0.333. The molecule has 0 fully saturated rings. The molecule has 0 aromatic carbocycles. The first kappa shape index (κ1) is 11.1. The quantitative estimate of drug-likeness (QED) is 0.884. The highest BCUT2D eigenvalue weighted by atomic mass is 32.1. The van der Waals surface area contributed by atoms with Crippen LogP contribution in [0.2, 0.25) is 0 Å². The van der Waals surface area contributed by atoms with E-state index >= 15 is 0 Å². The first-order valence-electron chi connectivity index (χ1n) is 5.33. The number of nitrogens with zero attached hydrogens (tertiary/aromatic N) is 2. The van der Waals surface area contributed by atoms with Crippen molar-refractivity contribution >= 4 is 17.2 Å². The second-order valence-corrected chi connectivity index (χ2v) is 4.46. The molecular formula is C12H15N3S. The first-order valence-corrected chi connectivity index (χ1v) is 6.27. The summed E-state index contributed by atoms with van der Waals surface area (Å²) >= 11 is 1.69. The molecule has 0 aliphatic carbocycles. The Morgan fingerprint density at radius 3 is 2.69 bits per heavy atom. The minimum absolute atomic E-state index is 0.815.